The van der Waals surface area contributed by atoms with Crippen molar-refractivity contribution in [1.82, 2.24) is 30.2 Å². The Labute approximate surface area is 159 Å². The number of aryl methyl sites for hydroxylation is 1. The van der Waals surface area contributed by atoms with Crippen molar-refractivity contribution < 1.29 is 9.32 Å². The summed E-state index contributed by atoms with van der Waals surface area (Å²) in [6.07, 6.45) is 5.19. The monoisotopic (exact) mass is 385 g/mol. The molecule has 0 spiro atoms. The van der Waals surface area contributed by atoms with E-state index in [4.69, 9.17) is 4.52 Å². The molecule has 1 aliphatic rings. The predicted octanol–water partition coefficient (Wildman–Crippen LogP) is 2.14. The largest absolute Gasteiger partial charge is 0.338 e. The fourth-order valence-electron chi connectivity index (χ4n) is 3.09. The molecular weight excluding hydrogens is 366 g/mol. The van der Waals surface area contributed by atoms with Gasteiger partial charge in [-0.15, -0.1) is 10.2 Å². The number of hydrogen-bond donors (Lipinski definition) is 1. The quantitative estimate of drug-likeness (QED) is 0.711. The van der Waals surface area contributed by atoms with Gasteiger partial charge in [0, 0.05) is 24.5 Å². The second-order valence-electron chi connectivity index (χ2n) is 6.44. The van der Waals surface area contributed by atoms with E-state index in [1.807, 2.05) is 19.1 Å². The molecule has 3 aromatic rings. The van der Waals surface area contributed by atoms with Crippen LogP contribution in [0.25, 0.3) is 11.4 Å². The van der Waals surface area contributed by atoms with Gasteiger partial charge in [-0.2, -0.15) is 4.98 Å². The SMILES string of the molecule is Cc1nnc(NC(=O)[C@@H]2CCCN(Cc3nc(-c4cccnc4)no3)C2)s1. The minimum absolute atomic E-state index is 0.0163. The van der Waals surface area contributed by atoms with E-state index in [0.717, 1.165) is 30.0 Å². The van der Waals surface area contributed by atoms with Gasteiger partial charge in [0.1, 0.15) is 5.01 Å². The van der Waals surface area contributed by atoms with Crippen LogP contribution >= 0.6 is 11.3 Å². The Morgan fingerprint density at radius 2 is 2.37 bits per heavy atom. The summed E-state index contributed by atoms with van der Waals surface area (Å²) in [5.74, 6) is 0.951. The minimum atomic E-state index is -0.0938. The third kappa shape index (κ3) is 4.34. The van der Waals surface area contributed by atoms with Crippen molar-refractivity contribution in [1.29, 1.82) is 0 Å². The summed E-state index contributed by atoms with van der Waals surface area (Å²) in [4.78, 5) is 23.2. The number of piperidine rings is 1. The first-order valence-electron chi connectivity index (χ1n) is 8.73. The fourth-order valence-corrected chi connectivity index (χ4v) is 3.69. The molecule has 1 N–H and O–H groups in total. The van der Waals surface area contributed by atoms with Crippen LogP contribution in [0.4, 0.5) is 5.13 Å². The summed E-state index contributed by atoms with van der Waals surface area (Å²) in [7, 11) is 0. The van der Waals surface area contributed by atoms with Crippen molar-refractivity contribution in [2.24, 2.45) is 5.92 Å². The molecule has 0 aromatic carbocycles. The van der Waals surface area contributed by atoms with Gasteiger partial charge < -0.3 is 9.84 Å². The topological polar surface area (TPSA) is 110 Å². The Bertz CT molecular complexity index is 911. The van der Waals surface area contributed by atoms with Gasteiger partial charge in [0.15, 0.2) is 0 Å². The second-order valence-corrected chi connectivity index (χ2v) is 7.62. The lowest BCUT2D eigenvalue weighted by Crippen LogP contribution is -2.40. The van der Waals surface area contributed by atoms with E-state index in [-0.39, 0.29) is 11.8 Å². The molecule has 0 radical (unpaired) electrons. The Balaban J connectivity index is 1.36. The summed E-state index contributed by atoms with van der Waals surface area (Å²) in [5.41, 5.74) is 0.816. The van der Waals surface area contributed by atoms with Crippen molar-refractivity contribution in [2.45, 2.75) is 26.3 Å². The summed E-state index contributed by atoms with van der Waals surface area (Å²) in [6.45, 7) is 3.93. The first-order chi connectivity index (χ1) is 13.2. The predicted molar refractivity (Wildman–Crippen MR) is 98.8 cm³/mol. The van der Waals surface area contributed by atoms with Crippen LogP contribution in [0.5, 0.6) is 0 Å². The van der Waals surface area contributed by atoms with Crippen LogP contribution < -0.4 is 5.32 Å². The molecule has 1 aliphatic heterocycles. The van der Waals surface area contributed by atoms with E-state index in [2.05, 4.69) is 35.5 Å². The first-order valence-corrected chi connectivity index (χ1v) is 9.55. The fraction of sp³-hybridized carbons (Fsp3) is 0.412. The number of aromatic nitrogens is 5. The number of rotatable bonds is 5. The summed E-state index contributed by atoms with van der Waals surface area (Å²) < 4.78 is 5.37. The zero-order chi connectivity index (χ0) is 18.6. The average molecular weight is 385 g/mol. The number of nitrogens with zero attached hydrogens (tertiary/aromatic N) is 6. The Morgan fingerprint density at radius 3 is 3.15 bits per heavy atom. The van der Waals surface area contributed by atoms with Crippen molar-refractivity contribution >= 4 is 22.4 Å². The molecule has 4 heterocycles. The molecule has 0 saturated carbocycles. The highest BCUT2D eigenvalue weighted by Gasteiger charge is 2.27. The molecule has 1 fully saturated rings. The molecule has 27 heavy (non-hydrogen) atoms. The van der Waals surface area contributed by atoms with Crippen molar-refractivity contribution in [3.8, 4) is 11.4 Å². The van der Waals surface area contributed by atoms with Gasteiger partial charge in [-0.25, -0.2) is 0 Å². The number of pyridine rings is 1. The van der Waals surface area contributed by atoms with Crippen LogP contribution in [0.3, 0.4) is 0 Å². The molecule has 0 unspecified atom stereocenters. The molecule has 3 aromatic heterocycles. The van der Waals surface area contributed by atoms with Crippen molar-refractivity contribution in [3.63, 3.8) is 0 Å². The number of likely N-dealkylation sites (tertiary alicyclic amines) is 1. The number of carbonyl (C=O) groups is 1. The number of anilines is 1. The molecule has 9 nitrogen and oxygen atoms in total. The van der Waals surface area contributed by atoms with E-state index in [1.54, 1.807) is 12.4 Å². The lowest BCUT2D eigenvalue weighted by molar-refractivity contribution is -0.121. The lowest BCUT2D eigenvalue weighted by Gasteiger charge is -2.30. The molecule has 0 bridgehead atoms. The van der Waals surface area contributed by atoms with Crippen molar-refractivity contribution in [2.75, 3.05) is 18.4 Å². The Morgan fingerprint density at radius 1 is 1.44 bits per heavy atom. The lowest BCUT2D eigenvalue weighted by atomic mass is 9.97. The minimum Gasteiger partial charge on any atom is -0.338 e. The number of nitrogens with one attached hydrogen (secondary N) is 1. The van der Waals surface area contributed by atoms with E-state index in [0.29, 0.717) is 29.9 Å². The normalized spacial score (nSPS) is 17.7. The molecule has 140 valence electrons. The van der Waals surface area contributed by atoms with Crippen LogP contribution in [-0.2, 0) is 11.3 Å². The smallest absolute Gasteiger partial charge is 0.241 e. The van der Waals surface area contributed by atoms with Gasteiger partial charge in [0.05, 0.1) is 12.5 Å². The van der Waals surface area contributed by atoms with E-state index in [1.165, 1.54) is 11.3 Å². The standard InChI is InChI=1S/C17H19N7O2S/c1-11-21-22-17(27-11)20-16(25)13-5-3-7-24(9-13)10-14-19-15(23-26-14)12-4-2-6-18-8-12/h2,4,6,8,13H,3,5,7,9-10H2,1H3,(H,20,22,25)/t13-/m1/s1. The third-order valence-electron chi connectivity index (χ3n) is 4.38. The zero-order valence-electron chi connectivity index (χ0n) is 14.8. The van der Waals surface area contributed by atoms with E-state index in [9.17, 15) is 4.79 Å². The maximum atomic E-state index is 12.5. The van der Waals surface area contributed by atoms with Crippen LogP contribution in [0, 0.1) is 12.8 Å². The highest BCUT2D eigenvalue weighted by atomic mass is 32.1. The first kappa shape index (κ1) is 17.7. The molecule has 1 saturated heterocycles. The highest BCUT2D eigenvalue weighted by molar-refractivity contribution is 7.15. The highest BCUT2D eigenvalue weighted by Crippen LogP contribution is 2.22. The van der Waals surface area contributed by atoms with Crippen LogP contribution in [-0.4, -0.2) is 49.2 Å². The number of amides is 1. The van der Waals surface area contributed by atoms with Crippen LogP contribution in [0.15, 0.2) is 29.0 Å². The van der Waals surface area contributed by atoms with E-state index >= 15 is 0 Å². The van der Waals surface area contributed by atoms with E-state index < -0.39 is 0 Å². The third-order valence-corrected chi connectivity index (χ3v) is 5.13. The molecule has 1 atom stereocenters. The molecule has 10 heteroatoms. The van der Waals surface area contributed by atoms with Gasteiger partial charge >= 0.3 is 0 Å². The molecule has 1 amide bonds. The molecule has 0 aliphatic carbocycles. The van der Waals surface area contributed by atoms with Gasteiger partial charge in [-0.05, 0) is 38.4 Å². The van der Waals surface area contributed by atoms with Crippen molar-refractivity contribution in [3.05, 3.63) is 35.4 Å². The Hall–Kier alpha value is -2.72. The van der Waals surface area contributed by atoms with Gasteiger partial charge in [0.25, 0.3) is 0 Å². The number of carbonyl (C=O) groups excluding carboxylic acids is 1. The average Bonchev–Trinajstić information content (AvgIpc) is 3.32. The van der Waals surface area contributed by atoms with Crippen LogP contribution in [0.2, 0.25) is 0 Å². The second kappa shape index (κ2) is 7.89. The maximum Gasteiger partial charge on any atom is 0.241 e. The molecule has 4 rings (SSSR count). The summed E-state index contributed by atoms with van der Waals surface area (Å²) >= 11 is 1.38. The van der Waals surface area contributed by atoms with Gasteiger partial charge in [-0.1, -0.05) is 16.5 Å². The molecular formula is C17H19N7O2S. The maximum absolute atomic E-state index is 12.5. The van der Waals surface area contributed by atoms with Gasteiger partial charge in [-0.3, -0.25) is 14.7 Å². The van der Waals surface area contributed by atoms with Gasteiger partial charge in [0.2, 0.25) is 22.8 Å². The van der Waals surface area contributed by atoms with Crippen LogP contribution in [0.1, 0.15) is 23.7 Å². The summed E-state index contributed by atoms with van der Waals surface area (Å²) in [5, 5.41) is 16.1. The zero-order valence-corrected chi connectivity index (χ0v) is 15.6. The summed E-state index contributed by atoms with van der Waals surface area (Å²) in [6, 6.07) is 3.72. The number of hydrogen-bond acceptors (Lipinski definition) is 9. The Kier molecular flexibility index (Phi) is 5.16.